The third-order valence-corrected chi connectivity index (χ3v) is 5.28. The molecule has 0 aliphatic carbocycles. The molecule has 6 heteroatoms. The van der Waals surface area contributed by atoms with E-state index in [1.54, 1.807) is 0 Å². The first-order valence-corrected chi connectivity index (χ1v) is 10.5. The third-order valence-electron chi connectivity index (χ3n) is 5.28. The van der Waals surface area contributed by atoms with E-state index in [1.807, 2.05) is 7.05 Å². The summed E-state index contributed by atoms with van der Waals surface area (Å²) in [6.45, 7) is 10.4. The Balaban J connectivity index is 1.71. The summed E-state index contributed by atoms with van der Waals surface area (Å²) in [5, 5.41) is 9.96. The van der Waals surface area contributed by atoms with E-state index < -0.39 is 0 Å². The Labute approximate surface area is 170 Å². The molecule has 0 aromatic heterocycles. The highest BCUT2D eigenvalue weighted by molar-refractivity contribution is 5.80. The summed E-state index contributed by atoms with van der Waals surface area (Å²) in [5.41, 5.74) is 2.64. The number of hydrogen-bond acceptors (Lipinski definition) is 3. The average Bonchev–Trinajstić information content (AvgIpc) is 2.70. The molecule has 1 aromatic carbocycles. The number of benzene rings is 1. The molecule has 0 saturated carbocycles. The number of rotatable bonds is 8. The molecule has 28 heavy (non-hydrogen) atoms. The van der Waals surface area contributed by atoms with E-state index in [0.29, 0.717) is 18.5 Å². The highest BCUT2D eigenvalue weighted by Crippen LogP contribution is 2.15. The van der Waals surface area contributed by atoms with E-state index in [0.717, 1.165) is 51.4 Å². The molecule has 0 bridgehead atoms. The molecular weight excluding hydrogens is 350 g/mol. The third kappa shape index (κ3) is 7.50. The number of nitrogens with one attached hydrogen (secondary N) is 3. The van der Waals surface area contributed by atoms with Crippen LogP contribution in [0.4, 0.5) is 0 Å². The van der Waals surface area contributed by atoms with Crippen molar-refractivity contribution in [1.82, 2.24) is 20.9 Å². The van der Waals surface area contributed by atoms with Crippen molar-refractivity contribution >= 4 is 11.9 Å². The maximum Gasteiger partial charge on any atom is 0.234 e. The number of amides is 1. The zero-order valence-electron chi connectivity index (χ0n) is 17.9. The molecule has 0 radical (unpaired) electrons. The summed E-state index contributed by atoms with van der Waals surface area (Å²) >= 11 is 0. The number of aryl methyl sites for hydroxylation is 1. The first kappa shape index (κ1) is 22.2. The lowest BCUT2D eigenvalue weighted by Crippen LogP contribution is -2.50. The molecule has 1 unspecified atom stereocenters. The van der Waals surface area contributed by atoms with E-state index in [1.165, 1.54) is 11.1 Å². The summed E-state index contributed by atoms with van der Waals surface area (Å²) in [7, 11) is 1.82. The zero-order chi connectivity index (χ0) is 20.4. The number of nitrogens with zero attached hydrogens (tertiary/aromatic N) is 2. The van der Waals surface area contributed by atoms with Gasteiger partial charge in [0.25, 0.3) is 0 Å². The quantitative estimate of drug-likeness (QED) is 0.473. The van der Waals surface area contributed by atoms with Crippen molar-refractivity contribution in [3.63, 3.8) is 0 Å². The number of aliphatic imine (C=N–C) groups is 1. The highest BCUT2D eigenvalue weighted by Gasteiger charge is 2.21. The second kappa shape index (κ2) is 11.7. The predicted molar refractivity (Wildman–Crippen MR) is 117 cm³/mol. The van der Waals surface area contributed by atoms with Gasteiger partial charge in [-0.1, -0.05) is 43.7 Å². The summed E-state index contributed by atoms with van der Waals surface area (Å²) < 4.78 is 0. The number of carbonyl (C=O) groups excluding carboxylic acids is 1. The molecule has 2 rings (SSSR count). The van der Waals surface area contributed by atoms with Crippen LogP contribution in [0, 0.1) is 6.92 Å². The van der Waals surface area contributed by atoms with Crippen LogP contribution in [-0.4, -0.2) is 62.6 Å². The second-order valence-corrected chi connectivity index (χ2v) is 7.81. The number of guanidine groups is 1. The lowest BCUT2D eigenvalue weighted by molar-refractivity contribution is -0.122. The zero-order valence-corrected chi connectivity index (χ0v) is 17.9. The lowest BCUT2D eigenvalue weighted by Gasteiger charge is -2.32. The molecule has 156 valence electrons. The SMILES string of the molecule is CCCNC(=O)CN1CCC(NC(=NC)NCC(C)c2cccc(C)c2)CC1. The fourth-order valence-electron chi connectivity index (χ4n) is 3.49. The van der Waals surface area contributed by atoms with Crippen molar-refractivity contribution in [2.75, 3.05) is 39.8 Å². The number of hydrogen-bond donors (Lipinski definition) is 3. The van der Waals surface area contributed by atoms with Crippen LogP contribution in [0.2, 0.25) is 0 Å². The summed E-state index contributed by atoms with van der Waals surface area (Å²) in [4.78, 5) is 18.5. The molecular formula is C22H37N5O. The number of carbonyl (C=O) groups is 1. The van der Waals surface area contributed by atoms with Gasteiger partial charge < -0.3 is 16.0 Å². The fraction of sp³-hybridized carbons (Fsp3) is 0.636. The number of piperidine rings is 1. The smallest absolute Gasteiger partial charge is 0.234 e. The van der Waals surface area contributed by atoms with Gasteiger partial charge in [-0.05, 0) is 37.7 Å². The van der Waals surface area contributed by atoms with E-state index in [4.69, 9.17) is 0 Å². The molecule has 6 nitrogen and oxygen atoms in total. The van der Waals surface area contributed by atoms with Crippen molar-refractivity contribution < 1.29 is 4.79 Å². The molecule has 1 aliphatic heterocycles. The first-order valence-electron chi connectivity index (χ1n) is 10.5. The van der Waals surface area contributed by atoms with E-state index >= 15 is 0 Å². The van der Waals surface area contributed by atoms with E-state index in [-0.39, 0.29) is 5.91 Å². The number of likely N-dealkylation sites (tertiary alicyclic amines) is 1. The molecule has 1 heterocycles. The van der Waals surface area contributed by atoms with E-state index in [9.17, 15) is 4.79 Å². The van der Waals surface area contributed by atoms with Gasteiger partial charge >= 0.3 is 0 Å². The normalized spacial score (nSPS) is 17.2. The molecule has 1 saturated heterocycles. The lowest BCUT2D eigenvalue weighted by atomic mass is 9.99. The van der Waals surface area contributed by atoms with Gasteiger partial charge in [-0.2, -0.15) is 0 Å². The van der Waals surface area contributed by atoms with Crippen molar-refractivity contribution in [2.24, 2.45) is 4.99 Å². The van der Waals surface area contributed by atoms with Gasteiger partial charge in [0, 0.05) is 39.3 Å². The Morgan fingerprint density at radius 1 is 1.29 bits per heavy atom. The molecule has 1 aliphatic rings. The van der Waals surface area contributed by atoms with Gasteiger partial charge in [0.15, 0.2) is 5.96 Å². The predicted octanol–water partition coefficient (Wildman–Crippen LogP) is 2.25. The van der Waals surface area contributed by atoms with Crippen molar-refractivity contribution in [2.45, 2.75) is 52.0 Å². The van der Waals surface area contributed by atoms with Crippen LogP contribution < -0.4 is 16.0 Å². The van der Waals surface area contributed by atoms with Gasteiger partial charge in [0.2, 0.25) is 5.91 Å². The Morgan fingerprint density at radius 3 is 2.68 bits per heavy atom. The van der Waals surface area contributed by atoms with Crippen LogP contribution in [0.15, 0.2) is 29.3 Å². The van der Waals surface area contributed by atoms with Gasteiger partial charge in [0.1, 0.15) is 0 Å². The first-order chi connectivity index (χ1) is 13.5. The maximum absolute atomic E-state index is 11.9. The van der Waals surface area contributed by atoms with Crippen LogP contribution in [0.25, 0.3) is 0 Å². The molecule has 1 amide bonds. The van der Waals surface area contributed by atoms with Crippen LogP contribution in [0.1, 0.15) is 50.2 Å². The molecule has 1 atom stereocenters. The highest BCUT2D eigenvalue weighted by atomic mass is 16.2. The molecule has 1 aromatic rings. The maximum atomic E-state index is 11.9. The summed E-state index contributed by atoms with van der Waals surface area (Å²) in [6.07, 6.45) is 3.02. The largest absolute Gasteiger partial charge is 0.356 e. The monoisotopic (exact) mass is 387 g/mol. The van der Waals surface area contributed by atoms with Gasteiger partial charge in [0.05, 0.1) is 6.54 Å². The van der Waals surface area contributed by atoms with Crippen molar-refractivity contribution in [3.05, 3.63) is 35.4 Å². The Hall–Kier alpha value is -2.08. The summed E-state index contributed by atoms with van der Waals surface area (Å²) in [6, 6.07) is 9.07. The second-order valence-electron chi connectivity index (χ2n) is 7.81. The van der Waals surface area contributed by atoms with Crippen molar-refractivity contribution in [1.29, 1.82) is 0 Å². The molecule has 1 fully saturated rings. The topological polar surface area (TPSA) is 68.8 Å². The molecule has 0 spiro atoms. The van der Waals surface area contributed by atoms with Crippen LogP contribution >= 0.6 is 0 Å². The van der Waals surface area contributed by atoms with E-state index in [2.05, 4.69) is 70.9 Å². The van der Waals surface area contributed by atoms with Crippen LogP contribution in [0.3, 0.4) is 0 Å². The Morgan fingerprint density at radius 2 is 2.04 bits per heavy atom. The molecule has 3 N–H and O–H groups in total. The Kier molecular flexibility index (Phi) is 9.28. The standard InChI is InChI=1S/C22H37N5O/c1-5-11-24-21(28)16-27-12-9-20(10-13-27)26-22(23-4)25-15-18(3)19-8-6-7-17(2)14-19/h6-8,14,18,20H,5,9-13,15-16H2,1-4H3,(H,24,28)(H2,23,25,26). The average molecular weight is 388 g/mol. The fourth-order valence-corrected chi connectivity index (χ4v) is 3.49. The van der Waals surface area contributed by atoms with Gasteiger partial charge in [-0.25, -0.2) is 0 Å². The minimum atomic E-state index is 0.135. The van der Waals surface area contributed by atoms with Crippen molar-refractivity contribution in [3.8, 4) is 0 Å². The minimum absolute atomic E-state index is 0.135. The minimum Gasteiger partial charge on any atom is -0.356 e. The van der Waals surface area contributed by atoms with Gasteiger partial charge in [-0.3, -0.25) is 14.7 Å². The van der Waals surface area contributed by atoms with Gasteiger partial charge in [-0.15, -0.1) is 0 Å². The summed E-state index contributed by atoms with van der Waals surface area (Å²) in [5.74, 6) is 1.41. The Bertz CT molecular complexity index is 638. The van der Waals surface area contributed by atoms with Crippen LogP contribution in [0.5, 0.6) is 0 Å². The van der Waals surface area contributed by atoms with Crippen LogP contribution in [-0.2, 0) is 4.79 Å².